The first-order chi connectivity index (χ1) is 21.8. The van der Waals surface area contributed by atoms with Crippen LogP contribution in [0.4, 0.5) is 11.4 Å². The average Bonchev–Trinajstić information content (AvgIpc) is 3.45. The van der Waals surface area contributed by atoms with Crippen molar-refractivity contribution in [3.63, 3.8) is 0 Å². The van der Waals surface area contributed by atoms with Gasteiger partial charge in [-0.25, -0.2) is 0 Å². The molecular weight excluding hydrogens is 572 g/mol. The van der Waals surface area contributed by atoms with Crippen LogP contribution in [-0.2, 0) is 32.3 Å². The van der Waals surface area contributed by atoms with Crippen molar-refractivity contribution in [1.82, 2.24) is 9.88 Å². The minimum Gasteiger partial charge on any atom is -0.459 e. The van der Waals surface area contributed by atoms with Crippen molar-refractivity contribution in [2.75, 3.05) is 17.6 Å². The molecule has 1 aliphatic heterocycles. The number of nitrogens with zero attached hydrogens (tertiary/aromatic N) is 1. The Morgan fingerprint density at radius 3 is 2.49 bits per heavy atom. The van der Waals surface area contributed by atoms with Gasteiger partial charge in [0.15, 0.2) is 5.76 Å². The SMILES string of the molecule is CC(=O)n1cc([C@H]2C=C(C(=O)NCCCCC(=O)Nc3ccccc3N)O[C@@H](OCc3ccc(CO)cc3)C2)c2ccccc21. The van der Waals surface area contributed by atoms with Crippen LogP contribution in [0.5, 0.6) is 0 Å². The maximum Gasteiger partial charge on any atom is 0.286 e. The number of nitrogens with two attached hydrogens (primary N) is 1. The summed E-state index contributed by atoms with van der Waals surface area (Å²) in [7, 11) is 0. The first-order valence-electron chi connectivity index (χ1n) is 15.0. The molecule has 45 heavy (non-hydrogen) atoms. The minimum absolute atomic E-state index is 0.0400. The molecule has 0 unspecified atom stereocenters. The van der Waals surface area contributed by atoms with Crippen LogP contribution in [0, 0.1) is 0 Å². The molecular formula is C35H38N4O6. The van der Waals surface area contributed by atoms with Gasteiger partial charge in [0.1, 0.15) is 0 Å². The highest BCUT2D eigenvalue weighted by Gasteiger charge is 2.31. The van der Waals surface area contributed by atoms with Gasteiger partial charge >= 0.3 is 0 Å². The van der Waals surface area contributed by atoms with E-state index in [1.807, 2.05) is 54.7 Å². The lowest BCUT2D eigenvalue weighted by molar-refractivity contribution is -0.150. The molecule has 10 heteroatoms. The van der Waals surface area contributed by atoms with Crippen LogP contribution in [0.3, 0.4) is 0 Å². The molecule has 0 saturated heterocycles. The number of carbonyl (C=O) groups is 3. The van der Waals surface area contributed by atoms with Crippen LogP contribution in [0.2, 0.25) is 0 Å². The number of carbonyl (C=O) groups excluding carboxylic acids is 3. The molecule has 0 fully saturated rings. The number of para-hydroxylation sites is 3. The van der Waals surface area contributed by atoms with Crippen LogP contribution in [0.15, 0.2) is 90.8 Å². The lowest BCUT2D eigenvalue weighted by atomic mass is 9.92. The highest BCUT2D eigenvalue weighted by atomic mass is 16.7. The third-order valence-electron chi connectivity index (χ3n) is 7.76. The molecule has 3 aromatic carbocycles. The Kier molecular flexibility index (Phi) is 10.3. The van der Waals surface area contributed by atoms with E-state index in [-0.39, 0.29) is 42.6 Å². The molecule has 0 aliphatic carbocycles. The van der Waals surface area contributed by atoms with E-state index in [2.05, 4.69) is 10.6 Å². The number of benzene rings is 3. The number of nitrogen functional groups attached to an aromatic ring is 1. The van der Waals surface area contributed by atoms with Gasteiger partial charge in [0, 0.05) is 43.8 Å². The van der Waals surface area contributed by atoms with Crippen LogP contribution in [0.25, 0.3) is 10.9 Å². The minimum atomic E-state index is -0.716. The third kappa shape index (κ3) is 7.97. The van der Waals surface area contributed by atoms with Gasteiger partial charge in [0.2, 0.25) is 18.1 Å². The number of ether oxygens (including phenoxy) is 2. The first kappa shape index (κ1) is 31.5. The van der Waals surface area contributed by atoms with Crippen LogP contribution >= 0.6 is 0 Å². The van der Waals surface area contributed by atoms with Crippen molar-refractivity contribution in [3.8, 4) is 0 Å². The molecule has 0 saturated carbocycles. The van der Waals surface area contributed by atoms with Gasteiger partial charge in [0.05, 0.1) is 30.1 Å². The summed E-state index contributed by atoms with van der Waals surface area (Å²) in [5.41, 5.74) is 10.4. The summed E-state index contributed by atoms with van der Waals surface area (Å²) in [5, 5.41) is 16.0. The number of hydrogen-bond donors (Lipinski definition) is 4. The molecule has 4 aromatic rings. The number of fused-ring (bicyclic) bond motifs is 1. The van der Waals surface area contributed by atoms with Crippen molar-refractivity contribution in [2.45, 2.75) is 58.0 Å². The number of rotatable bonds is 12. The molecule has 5 rings (SSSR count). The van der Waals surface area contributed by atoms with Gasteiger partial charge in [-0.1, -0.05) is 54.6 Å². The molecule has 0 radical (unpaired) electrons. The number of aliphatic hydroxyl groups excluding tert-OH is 1. The molecule has 0 bridgehead atoms. The van der Waals surface area contributed by atoms with Crippen LogP contribution in [-0.4, -0.2) is 40.2 Å². The largest absolute Gasteiger partial charge is 0.459 e. The van der Waals surface area contributed by atoms with Crippen LogP contribution in [0.1, 0.15) is 60.0 Å². The highest BCUT2D eigenvalue weighted by Crippen LogP contribution is 2.36. The van der Waals surface area contributed by atoms with E-state index in [9.17, 15) is 19.5 Å². The topological polar surface area (TPSA) is 145 Å². The van der Waals surface area contributed by atoms with E-state index in [1.54, 1.807) is 34.9 Å². The number of anilines is 2. The Morgan fingerprint density at radius 1 is 1.00 bits per heavy atom. The van der Waals surface area contributed by atoms with Gasteiger partial charge < -0.3 is 30.9 Å². The fraction of sp³-hybridized carbons (Fsp3) is 0.286. The van der Waals surface area contributed by atoms with Gasteiger partial charge in [0.25, 0.3) is 5.91 Å². The average molecular weight is 611 g/mol. The second-order valence-electron chi connectivity index (χ2n) is 11.0. The molecule has 0 spiro atoms. The van der Waals surface area contributed by atoms with Crippen molar-refractivity contribution in [1.29, 1.82) is 0 Å². The quantitative estimate of drug-likeness (QED) is 0.127. The zero-order valence-corrected chi connectivity index (χ0v) is 25.2. The molecule has 1 aromatic heterocycles. The number of aromatic nitrogens is 1. The smallest absolute Gasteiger partial charge is 0.286 e. The van der Waals surface area contributed by atoms with Gasteiger partial charge in [-0.2, -0.15) is 0 Å². The molecule has 1 aliphatic rings. The zero-order valence-electron chi connectivity index (χ0n) is 25.2. The number of allylic oxidation sites excluding steroid dienone is 1. The predicted molar refractivity (Wildman–Crippen MR) is 172 cm³/mol. The fourth-order valence-corrected chi connectivity index (χ4v) is 5.35. The standard InChI is InChI=1S/C35H38N4O6/c1-23(41)39-20-28(27-8-2-5-11-31(27)39)26-18-32(45-34(19-26)44-22-25-15-13-24(21-40)14-16-25)35(43)37-17-7-6-12-33(42)38-30-10-4-3-9-29(30)36/h2-5,8-11,13-16,18,20,26,34,40H,6-7,12,17,19,21-22,36H2,1H3,(H,37,43)(H,38,42)/t26-,34+/m0/s1. The molecule has 2 atom stereocenters. The summed E-state index contributed by atoms with van der Waals surface area (Å²) < 4.78 is 13.8. The molecule has 10 nitrogen and oxygen atoms in total. The summed E-state index contributed by atoms with van der Waals surface area (Å²) >= 11 is 0. The maximum absolute atomic E-state index is 13.3. The fourth-order valence-electron chi connectivity index (χ4n) is 5.35. The van der Waals surface area contributed by atoms with E-state index < -0.39 is 6.29 Å². The molecule has 2 amide bonds. The van der Waals surface area contributed by atoms with Gasteiger partial charge in [-0.05, 0) is 53.8 Å². The summed E-state index contributed by atoms with van der Waals surface area (Å²) in [4.78, 5) is 38.0. The van der Waals surface area contributed by atoms with Crippen molar-refractivity contribution >= 4 is 40.0 Å². The third-order valence-corrected chi connectivity index (χ3v) is 7.76. The van der Waals surface area contributed by atoms with E-state index in [0.717, 1.165) is 27.6 Å². The van der Waals surface area contributed by atoms with Gasteiger partial charge in [-0.15, -0.1) is 0 Å². The van der Waals surface area contributed by atoms with Crippen molar-refractivity contribution in [2.24, 2.45) is 0 Å². The van der Waals surface area contributed by atoms with Crippen molar-refractivity contribution < 1.29 is 29.0 Å². The second-order valence-corrected chi connectivity index (χ2v) is 11.0. The van der Waals surface area contributed by atoms with Crippen LogP contribution < -0.4 is 16.4 Å². The van der Waals surface area contributed by atoms with Gasteiger partial charge in [-0.3, -0.25) is 19.0 Å². The lowest BCUT2D eigenvalue weighted by Gasteiger charge is -2.29. The normalized spacial score (nSPS) is 16.1. The number of aliphatic hydroxyl groups is 1. The number of hydrogen-bond acceptors (Lipinski definition) is 7. The summed E-state index contributed by atoms with van der Waals surface area (Å²) in [6.07, 6.45) is 4.80. The Bertz CT molecular complexity index is 1690. The highest BCUT2D eigenvalue weighted by molar-refractivity contribution is 5.95. The Hall–Kier alpha value is -4.93. The maximum atomic E-state index is 13.3. The lowest BCUT2D eigenvalue weighted by Crippen LogP contribution is -2.33. The second kappa shape index (κ2) is 14.7. The zero-order chi connectivity index (χ0) is 31.8. The van der Waals surface area contributed by atoms with Crippen molar-refractivity contribution in [3.05, 3.63) is 108 Å². The monoisotopic (exact) mass is 610 g/mol. The van der Waals surface area contributed by atoms with E-state index >= 15 is 0 Å². The summed E-state index contributed by atoms with van der Waals surface area (Å²) in [5.74, 6) is -0.732. The Labute approximate surface area is 261 Å². The predicted octanol–water partition coefficient (Wildman–Crippen LogP) is 5.23. The summed E-state index contributed by atoms with van der Waals surface area (Å²) in [6, 6.07) is 22.2. The first-order valence-corrected chi connectivity index (χ1v) is 15.0. The number of unbranched alkanes of at least 4 members (excludes halogenated alkanes) is 1. The molecule has 234 valence electrons. The Balaban J connectivity index is 1.24. The number of amides is 2. The molecule has 2 heterocycles. The molecule has 5 N–H and O–H groups in total. The summed E-state index contributed by atoms with van der Waals surface area (Å²) in [6.45, 7) is 2.09. The van der Waals surface area contributed by atoms with E-state index in [4.69, 9.17) is 15.2 Å². The Morgan fingerprint density at radius 2 is 1.73 bits per heavy atom. The van der Waals surface area contributed by atoms with E-state index in [1.165, 1.54) is 6.92 Å². The van der Waals surface area contributed by atoms with E-state index in [0.29, 0.717) is 43.6 Å². The number of nitrogens with one attached hydrogen (secondary N) is 2.